The molecule has 1 N–H and O–H groups in total. The van der Waals surface area contributed by atoms with Crippen molar-refractivity contribution in [1.82, 2.24) is 10.2 Å². The molecule has 0 unspecified atom stereocenters. The molecule has 5 fully saturated rings. The molecule has 5 heteroatoms. The van der Waals surface area contributed by atoms with E-state index in [1.165, 1.54) is 44.2 Å². The topological polar surface area (TPSA) is 44.8 Å². The van der Waals surface area contributed by atoms with Crippen LogP contribution < -0.4 is 15.0 Å². The van der Waals surface area contributed by atoms with E-state index in [9.17, 15) is 4.79 Å². The van der Waals surface area contributed by atoms with Gasteiger partial charge in [-0.1, -0.05) is 0 Å². The molecule has 0 spiro atoms. The molecule has 0 aromatic heterocycles. The van der Waals surface area contributed by atoms with Gasteiger partial charge in [0.1, 0.15) is 5.75 Å². The number of nitrogens with zero attached hydrogens (tertiary/aromatic N) is 2. The van der Waals surface area contributed by atoms with Crippen molar-refractivity contribution in [1.29, 1.82) is 0 Å². The summed E-state index contributed by atoms with van der Waals surface area (Å²) in [5.41, 5.74) is 1.62. The Kier molecular flexibility index (Phi) is 5.42. The summed E-state index contributed by atoms with van der Waals surface area (Å²) >= 11 is 0. The van der Waals surface area contributed by atoms with Crippen molar-refractivity contribution in [3.05, 3.63) is 24.3 Å². The van der Waals surface area contributed by atoms with Gasteiger partial charge in [0.25, 0.3) is 0 Å². The Morgan fingerprint density at radius 1 is 1.03 bits per heavy atom. The van der Waals surface area contributed by atoms with E-state index in [1.807, 2.05) is 12.1 Å². The van der Waals surface area contributed by atoms with Gasteiger partial charge in [0.2, 0.25) is 5.91 Å². The first-order chi connectivity index (χ1) is 14.5. The van der Waals surface area contributed by atoms with Crippen LogP contribution in [0.15, 0.2) is 24.3 Å². The van der Waals surface area contributed by atoms with Crippen molar-refractivity contribution < 1.29 is 9.53 Å². The molecule has 1 amide bonds. The maximum atomic E-state index is 12.9. The number of ether oxygens (including phenoxy) is 1. The number of nitrogens with one attached hydrogen (secondary N) is 1. The molecule has 1 atom stereocenters. The number of hydrogen-bond acceptors (Lipinski definition) is 4. The van der Waals surface area contributed by atoms with Crippen molar-refractivity contribution in [2.24, 2.45) is 23.2 Å². The molecule has 5 aliphatic rings. The Bertz CT molecular complexity index is 719. The Morgan fingerprint density at radius 3 is 2.13 bits per heavy atom. The molecule has 4 bridgehead atoms. The molecule has 1 aromatic carbocycles. The maximum absolute atomic E-state index is 12.9. The summed E-state index contributed by atoms with van der Waals surface area (Å²) in [6.07, 6.45) is 8.41. The van der Waals surface area contributed by atoms with Gasteiger partial charge < -0.3 is 15.0 Å². The minimum Gasteiger partial charge on any atom is -0.497 e. The average Bonchev–Trinajstić information content (AvgIpc) is 2.73. The molecule has 4 aliphatic carbocycles. The Morgan fingerprint density at radius 2 is 1.60 bits per heavy atom. The molecule has 30 heavy (non-hydrogen) atoms. The lowest BCUT2D eigenvalue weighted by Crippen LogP contribution is -2.57. The van der Waals surface area contributed by atoms with Gasteiger partial charge in [0, 0.05) is 37.9 Å². The molecule has 1 aliphatic heterocycles. The zero-order chi connectivity index (χ0) is 20.7. The third-order valence-corrected chi connectivity index (χ3v) is 8.56. The number of carbonyl (C=O) groups excluding carboxylic acids is 1. The summed E-state index contributed by atoms with van der Waals surface area (Å²) in [5, 5.41) is 3.43. The van der Waals surface area contributed by atoms with Gasteiger partial charge in [-0.2, -0.15) is 0 Å². The fourth-order valence-electron chi connectivity index (χ4n) is 7.31. The highest BCUT2D eigenvalue weighted by Gasteiger charge is 2.53. The van der Waals surface area contributed by atoms with Gasteiger partial charge in [-0.05, 0) is 92.9 Å². The van der Waals surface area contributed by atoms with E-state index < -0.39 is 0 Å². The first-order valence-electron chi connectivity index (χ1n) is 11.9. The summed E-state index contributed by atoms with van der Waals surface area (Å²) in [6, 6.07) is 8.59. The molecule has 5 nitrogen and oxygen atoms in total. The van der Waals surface area contributed by atoms with Gasteiger partial charge in [0.05, 0.1) is 13.7 Å². The van der Waals surface area contributed by atoms with Crippen LogP contribution in [-0.2, 0) is 4.79 Å². The van der Waals surface area contributed by atoms with Crippen molar-refractivity contribution in [3.8, 4) is 5.75 Å². The van der Waals surface area contributed by atoms with Crippen LogP contribution in [0.2, 0.25) is 0 Å². The standard InChI is InChI=1S/C25H37N3O2/c1-18(25-14-19-11-20(15-25)13-21(12-19)16-25)26-24(29)17-27-7-9-28(10-8-27)22-3-5-23(30-2)6-4-22/h3-6,18-21H,7-17H2,1-2H3,(H,26,29)/t18-,19?,20?,21?,25?/m1/s1. The number of methoxy groups -OCH3 is 1. The third kappa shape index (κ3) is 3.93. The normalized spacial score (nSPS) is 34.1. The van der Waals surface area contributed by atoms with Gasteiger partial charge in [-0.3, -0.25) is 9.69 Å². The predicted octanol–water partition coefficient (Wildman–Crippen LogP) is 3.54. The quantitative estimate of drug-likeness (QED) is 0.778. The van der Waals surface area contributed by atoms with Crippen molar-refractivity contribution in [2.45, 2.75) is 51.5 Å². The molecular weight excluding hydrogens is 374 g/mol. The van der Waals surface area contributed by atoms with Crippen LogP contribution in [0.5, 0.6) is 5.75 Å². The van der Waals surface area contributed by atoms with Crippen LogP contribution in [0.4, 0.5) is 5.69 Å². The fourth-order valence-corrected chi connectivity index (χ4v) is 7.31. The smallest absolute Gasteiger partial charge is 0.234 e. The van der Waals surface area contributed by atoms with E-state index in [0.29, 0.717) is 18.0 Å². The highest BCUT2D eigenvalue weighted by Crippen LogP contribution is 2.61. The summed E-state index contributed by atoms with van der Waals surface area (Å²) in [6.45, 7) is 6.62. The van der Waals surface area contributed by atoms with E-state index in [0.717, 1.165) is 49.7 Å². The predicted molar refractivity (Wildman–Crippen MR) is 120 cm³/mol. The largest absolute Gasteiger partial charge is 0.497 e. The van der Waals surface area contributed by atoms with E-state index in [-0.39, 0.29) is 5.91 Å². The zero-order valence-corrected chi connectivity index (χ0v) is 18.6. The van der Waals surface area contributed by atoms with Crippen LogP contribution in [-0.4, -0.2) is 56.7 Å². The number of benzene rings is 1. The second kappa shape index (κ2) is 8.07. The lowest BCUT2D eigenvalue weighted by Gasteiger charge is -2.59. The van der Waals surface area contributed by atoms with Crippen LogP contribution in [0, 0.1) is 23.2 Å². The molecule has 1 aromatic rings. The molecule has 1 saturated heterocycles. The van der Waals surface area contributed by atoms with Crippen LogP contribution in [0.1, 0.15) is 45.4 Å². The molecule has 6 rings (SSSR count). The molecule has 0 radical (unpaired) electrons. The summed E-state index contributed by atoms with van der Waals surface area (Å²) in [5.74, 6) is 3.91. The van der Waals surface area contributed by atoms with Crippen LogP contribution >= 0.6 is 0 Å². The monoisotopic (exact) mass is 411 g/mol. The molecular formula is C25H37N3O2. The maximum Gasteiger partial charge on any atom is 0.234 e. The highest BCUT2D eigenvalue weighted by atomic mass is 16.5. The number of amides is 1. The zero-order valence-electron chi connectivity index (χ0n) is 18.6. The Hall–Kier alpha value is -1.75. The van der Waals surface area contributed by atoms with E-state index in [2.05, 4.69) is 34.2 Å². The number of carbonyl (C=O) groups is 1. The molecule has 164 valence electrons. The van der Waals surface area contributed by atoms with Crippen molar-refractivity contribution in [3.63, 3.8) is 0 Å². The minimum absolute atomic E-state index is 0.219. The third-order valence-electron chi connectivity index (χ3n) is 8.56. The van der Waals surface area contributed by atoms with Crippen LogP contribution in [0.25, 0.3) is 0 Å². The lowest BCUT2D eigenvalue weighted by atomic mass is 9.48. The summed E-state index contributed by atoms with van der Waals surface area (Å²) < 4.78 is 5.25. The lowest BCUT2D eigenvalue weighted by molar-refractivity contribution is -0.127. The molecule has 4 saturated carbocycles. The Labute approximate surface area is 181 Å². The van der Waals surface area contributed by atoms with Gasteiger partial charge in [-0.15, -0.1) is 0 Å². The number of rotatable bonds is 6. The van der Waals surface area contributed by atoms with Gasteiger partial charge in [0.15, 0.2) is 0 Å². The average molecular weight is 412 g/mol. The Balaban J connectivity index is 1.11. The fraction of sp³-hybridized carbons (Fsp3) is 0.720. The van der Waals surface area contributed by atoms with E-state index in [1.54, 1.807) is 7.11 Å². The highest BCUT2D eigenvalue weighted by molar-refractivity contribution is 5.78. The first-order valence-corrected chi connectivity index (χ1v) is 11.9. The van der Waals surface area contributed by atoms with Gasteiger partial charge >= 0.3 is 0 Å². The van der Waals surface area contributed by atoms with E-state index >= 15 is 0 Å². The SMILES string of the molecule is COc1ccc(N2CCN(CC(=O)N[C@H](C)C34CC5CC(CC(C5)C3)C4)CC2)cc1. The second-order valence-corrected chi connectivity index (χ2v) is 10.5. The van der Waals surface area contributed by atoms with Crippen molar-refractivity contribution in [2.75, 3.05) is 44.7 Å². The number of anilines is 1. The van der Waals surface area contributed by atoms with Crippen LogP contribution in [0.3, 0.4) is 0 Å². The number of hydrogen-bond donors (Lipinski definition) is 1. The first kappa shape index (κ1) is 20.2. The minimum atomic E-state index is 0.219. The summed E-state index contributed by atoms with van der Waals surface area (Å²) in [7, 11) is 1.70. The van der Waals surface area contributed by atoms with Crippen molar-refractivity contribution >= 4 is 11.6 Å². The van der Waals surface area contributed by atoms with Gasteiger partial charge in [-0.25, -0.2) is 0 Å². The second-order valence-electron chi connectivity index (χ2n) is 10.5. The molecule has 1 heterocycles. The van der Waals surface area contributed by atoms with E-state index in [4.69, 9.17) is 4.74 Å². The summed E-state index contributed by atoms with van der Waals surface area (Å²) in [4.78, 5) is 17.6. The number of piperazine rings is 1.